The Morgan fingerprint density at radius 2 is 2.12 bits per heavy atom. The summed E-state index contributed by atoms with van der Waals surface area (Å²) < 4.78 is 5.05. The third kappa shape index (κ3) is 4.28. The Morgan fingerprint density at radius 3 is 2.71 bits per heavy atom. The molecule has 1 rings (SSSR count). The zero-order chi connectivity index (χ0) is 12.7. The maximum atomic E-state index is 6.20. The van der Waals surface area contributed by atoms with E-state index in [1.54, 1.807) is 7.11 Å². The molecule has 96 valence electrons. The van der Waals surface area contributed by atoms with Crippen LogP contribution in [0.25, 0.3) is 0 Å². The zero-order valence-corrected chi connectivity index (χ0v) is 11.3. The van der Waals surface area contributed by atoms with Gasteiger partial charge in [-0.2, -0.15) is 0 Å². The summed E-state index contributed by atoms with van der Waals surface area (Å²) in [6.45, 7) is 2.28. The molecule has 4 heteroatoms. The van der Waals surface area contributed by atoms with Crippen LogP contribution in [0, 0.1) is 0 Å². The van der Waals surface area contributed by atoms with Crippen molar-refractivity contribution in [1.29, 1.82) is 0 Å². The minimum Gasteiger partial charge on any atom is -0.385 e. The Hall–Kier alpha value is -0.610. The second kappa shape index (κ2) is 7.67. The standard InChI is InChI=1S/C13H21ClN2O/c1-16(8-5-9-17-2)13(10-15)11-6-3-4-7-12(11)14/h3-4,6-7,13H,5,8-10,15H2,1-2H3. The summed E-state index contributed by atoms with van der Waals surface area (Å²) in [6, 6.07) is 8.03. The van der Waals surface area contributed by atoms with Gasteiger partial charge in [0.15, 0.2) is 0 Å². The van der Waals surface area contributed by atoms with Crippen LogP contribution in [-0.4, -0.2) is 38.8 Å². The summed E-state index contributed by atoms with van der Waals surface area (Å²) in [4.78, 5) is 2.22. The molecule has 1 aromatic carbocycles. The number of rotatable bonds is 7. The van der Waals surface area contributed by atoms with E-state index in [9.17, 15) is 0 Å². The zero-order valence-electron chi connectivity index (χ0n) is 10.5. The summed E-state index contributed by atoms with van der Waals surface area (Å²) in [5.74, 6) is 0. The van der Waals surface area contributed by atoms with Crippen molar-refractivity contribution in [3.63, 3.8) is 0 Å². The van der Waals surface area contributed by atoms with Crippen LogP contribution in [0.5, 0.6) is 0 Å². The fraction of sp³-hybridized carbons (Fsp3) is 0.538. The van der Waals surface area contributed by atoms with Gasteiger partial charge in [0.1, 0.15) is 0 Å². The average Bonchev–Trinajstić information content (AvgIpc) is 2.33. The van der Waals surface area contributed by atoms with Crippen molar-refractivity contribution < 1.29 is 4.74 Å². The van der Waals surface area contributed by atoms with Crippen LogP contribution in [0.4, 0.5) is 0 Å². The minimum atomic E-state index is 0.167. The summed E-state index contributed by atoms with van der Waals surface area (Å²) in [7, 11) is 3.78. The van der Waals surface area contributed by atoms with E-state index in [0.717, 1.165) is 30.2 Å². The van der Waals surface area contributed by atoms with Gasteiger partial charge in [-0.15, -0.1) is 0 Å². The van der Waals surface area contributed by atoms with Gasteiger partial charge < -0.3 is 10.5 Å². The number of benzene rings is 1. The fourth-order valence-electron chi connectivity index (χ4n) is 1.90. The van der Waals surface area contributed by atoms with Gasteiger partial charge in [-0.05, 0) is 25.1 Å². The van der Waals surface area contributed by atoms with Crippen LogP contribution in [0.2, 0.25) is 5.02 Å². The van der Waals surface area contributed by atoms with Crippen LogP contribution >= 0.6 is 11.6 Å². The molecule has 1 aromatic rings. The number of hydrogen-bond donors (Lipinski definition) is 1. The Morgan fingerprint density at radius 1 is 1.41 bits per heavy atom. The van der Waals surface area contributed by atoms with E-state index >= 15 is 0 Å². The topological polar surface area (TPSA) is 38.5 Å². The summed E-state index contributed by atoms with van der Waals surface area (Å²) >= 11 is 6.20. The Labute approximate surface area is 109 Å². The smallest absolute Gasteiger partial charge is 0.0482 e. The van der Waals surface area contributed by atoms with Crippen LogP contribution in [0.3, 0.4) is 0 Å². The molecule has 1 atom stereocenters. The second-order valence-electron chi connectivity index (χ2n) is 4.10. The fourth-order valence-corrected chi connectivity index (χ4v) is 2.17. The highest BCUT2D eigenvalue weighted by Crippen LogP contribution is 2.25. The lowest BCUT2D eigenvalue weighted by atomic mass is 10.1. The Bertz CT molecular complexity index is 333. The first-order valence-electron chi connectivity index (χ1n) is 5.84. The molecule has 0 aromatic heterocycles. The van der Waals surface area contributed by atoms with E-state index in [1.165, 1.54) is 0 Å². The molecule has 0 radical (unpaired) electrons. The Balaban J connectivity index is 2.67. The Kier molecular flexibility index (Phi) is 6.52. The quantitative estimate of drug-likeness (QED) is 0.761. The third-order valence-corrected chi connectivity index (χ3v) is 3.22. The molecule has 2 N–H and O–H groups in total. The maximum Gasteiger partial charge on any atom is 0.0482 e. The van der Waals surface area contributed by atoms with Gasteiger partial charge in [-0.3, -0.25) is 4.90 Å². The number of hydrogen-bond acceptors (Lipinski definition) is 3. The molecular weight excluding hydrogens is 236 g/mol. The van der Waals surface area contributed by atoms with Gasteiger partial charge in [0.2, 0.25) is 0 Å². The number of methoxy groups -OCH3 is 1. The first kappa shape index (κ1) is 14.5. The van der Waals surface area contributed by atoms with E-state index in [1.807, 2.05) is 24.3 Å². The number of likely N-dealkylation sites (N-methyl/N-ethyl adjacent to an activating group) is 1. The number of nitrogens with two attached hydrogens (primary N) is 1. The van der Waals surface area contributed by atoms with Crippen LogP contribution in [-0.2, 0) is 4.74 Å². The first-order chi connectivity index (χ1) is 8.20. The van der Waals surface area contributed by atoms with Crippen molar-refractivity contribution in [1.82, 2.24) is 4.90 Å². The predicted molar refractivity (Wildman–Crippen MR) is 72.4 cm³/mol. The van der Waals surface area contributed by atoms with Crippen LogP contribution < -0.4 is 5.73 Å². The van der Waals surface area contributed by atoms with Gasteiger partial charge in [0, 0.05) is 37.9 Å². The molecule has 0 bridgehead atoms. The molecule has 17 heavy (non-hydrogen) atoms. The van der Waals surface area contributed by atoms with Crippen LogP contribution in [0.15, 0.2) is 24.3 Å². The van der Waals surface area contributed by atoms with E-state index in [4.69, 9.17) is 22.1 Å². The van der Waals surface area contributed by atoms with E-state index < -0.39 is 0 Å². The van der Waals surface area contributed by atoms with Crippen molar-refractivity contribution in [2.75, 3.05) is 33.9 Å². The highest BCUT2D eigenvalue weighted by atomic mass is 35.5. The molecule has 0 aliphatic carbocycles. The van der Waals surface area contributed by atoms with Gasteiger partial charge in [0.05, 0.1) is 0 Å². The highest BCUT2D eigenvalue weighted by molar-refractivity contribution is 6.31. The number of halogens is 1. The normalized spacial score (nSPS) is 13.0. The predicted octanol–water partition coefficient (Wildman–Crippen LogP) is 2.31. The van der Waals surface area contributed by atoms with Gasteiger partial charge in [0.25, 0.3) is 0 Å². The molecule has 1 unspecified atom stereocenters. The number of ether oxygens (including phenoxy) is 1. The largest absolute Gasteiger partial charge is 0.385 e. The maximum absolute atomic E-state index is 6.20. The van der Waals surface area contributed by atoms with Gasteiger partial charge >= 0.3 is 0 Å². The van der Waals surface area contributed by atoms with Gasteiger partial charge in [-0.1, -0.05) is 29.8 Å². The minimum absolute atomic E-state index is 0.167. The highest BCUT2D eigenvalue weighted by Gasteiger charge is 2.17. The molecule has 0 saturated heterocycles. The van der Waals surface area contributed by atoms with E-state index in [2.05, 4.69) is 11.9 Å². The molecular formula is C13H21ClN2O. The molecule has 0 heterocycles. The molecule has 0 fully saturated rings. The molecule has 3 nitrogen and oxygen atoms in total. The van der Waals surface area contributed by atoms with Crippen molar-refractivity contribution in [2.45, 2.75) is 12.5 Å². The lowest BCUT2D eigenvalue weighted by Crippen LogP contribution is -2.32. The van der Waals surface area contributed by atoms with E-state index in [-0.39, 0.29) is 6.04 Å². The van der Waals surface area contributed by atoms with Crippen molar-refractivity contribution in [3.8, 4) is 0 Å². The average molecular weight is 257 g/mol. The molecule has 0 spiro atoms. The summed E-state index contributed by atoms with van der Waals surface area (Å²) in [5, 5.41) is 0.779. The molecule has 0 aliphatic rings. The van der Waals surface area contributed by atoms with E-state index in [0.29, 0.717) is 6.54 Å². The summed E-state index contributed by atoms with van der Waals surface area (Å²) in [6.07, 6.45) is 0.994. The van der Waals surface area contributed by atoms with Crippen molar-refractivity contribution >= 4 is 11.6 Å². The van der Waals surface area contributed by atoms with Crippen molar-refractivity contribution in [2.24, 2.45) is 5.73 Å². The third-order valence-electron chi connectivity index (χ3n) is 2.88. The lowest BCUT2D eigenvalue weighted by Gasteiger charge is -2.27. The second-order valence-corrected chi connectivity index (χ2v) is 4.51. The lowest BCUT2D eigenvalue weighted by molar-refractivity contribution is 0.166. The first-order valence-corrected chi connectivity index (χ1v) is 6.22. The van der Waals surface area contributed by atoms with Crippen molar-refractivity contribution in [3.05, 3.63) is 34.9 Å². The summed E-state index contributed by atoms with van der Waals surface area (Å²) in [5.41, 5.74) is 6.94. The molecule has 0 aliphatic heterocycles. The van der Waals surface area contributed by atoms with Gasteiger partial charge in [-0.25, -0.2) is 0 Å². The number of nitrogens with zero attached hydrogens (tertiary/aromatic N) is 1. The monoisotopic (exact) mass is 256 g/mol. The SMILES string of the molecule is COCCCN(C)C(CN)c1ccccc1Cl. The molecule has 0 amide bonds. The molecule has 0 saturated carbocycles. The van der Waals surface area contributed by atoms with Crippen LogP contribution in [0.1, 0.15) is 18.0 Å².